The summed E-state index contributed by atoms with van der Waals surface area (Å²) in [6.45, 7) is 4.78. The molecule has 0 saturated carbocycles. The number of aromatic nitrogens is 3. The second-order valence-corrected chi connectivity index (χ2v) is 5.64. The maximum absolute atomic E-state index is 12.4. The van der Waals surface area contributed by atoms with Crippen molar-refractivity contribution in [2.45, 2.75) is 33.2 Å². The van der Waals surface area contributed by atoms with Crippen LogP contribution >= 0.6 is 0 Å². The first-order valence-corrected chi connectivity index (χ1v) is 7.11. The van der Waals surface area contributed by atoms with Crippen molar-refractivity contribution >= 4 is 11.2 Å². The first-order chi connectivity index (χ1) is 10.1. The zero-order valence-corrected chi connectivity index (χ0v) is 12.0. The molecule has 106 valence electrons. The Hall–Kier alpha value is -2.43. The number of aryl methyl sites for hydroxylation is 3. The van der Waals surface area contributed by atoms with Gasteiger partial charge in [0.2, 0.25) is 5.89 Å². The molecule has 0 fully saturated rings. The number of fused-ring (bicyclic) bond motifs is 2. The highest BCUT2D eigenvalue weighted by Gasteiger charge is 2.20. The van der Waals surface area contributed by atoms with Crippen molar-refractivity contribution in [2.75, 3.05) is 0 Å². The van der Waals surface area contributed by atoms with Crippen molar-refractivity contribution in [1.82, 2.24) is 14.5 Å². The van der Waals surface area contributed by atoms with Crippen molar-refractivity contribution in [3.05, 3.63) is 45.5 Å². The first kappa shape index (κ1) is 12.3. The topological polar surface area (TPSA) is 60.9 Å². The van der Waals surface area contributed by atoms with E-state index in [2.05, 4.69) is 16.0 Å². The molecule has 1 aliphatic heterocycles. The van der Waals surface area contributed by atoms with Gasteiger partial charge in [0.15, 0.2) is 5.52 Å². The van der Waals surface area contributed by atoms with E-state index in [1.165, 1.54) is 0 Å². The molecule has 0 N–H and O–H groups in total. The molecule has 21 heavy (non-hydrogen) atoms. The summed E-state index contributed by atoms with van der Waals surface area (Å²) >= 11 is 0. The maximum atomic E-state index is 12.4. The van der Waals surface area contributed by atoms with Crippen LogP contribution in [0.5, 0.6) is 0 Å². The lowest BCUT2D eigenvalue weighted by Gasteiger charge is -2.00. The number of hydrogen-bond donors (Lipinski definition) is 0. The van der Waals surface area contributed by atoms with Crippen LogP contribution in [0.1, 0.15) is 23.4 Å². The predicted octanol–water partition coefficient (Wildman–Crippen LogP) is 2.61. The van der Waals surface area contributed by atoms with Crippen molar-refractivity contribution in [1.29, 1.82) is 0 Å². The Kier molecular flexibility index (Phi) is 2.51. The molecule has 0 unspecified atom stereocenters. The van der Waals surface area contributed by atoms with E-state index in [-0.39, 0.29) is 5.56 Å². The molecule has 2 aromatic heterocycles. The molecule has 5 nitrogen and oxygen atoms in total. The third-order valence-electron chi connectivity index (χ3n) is 3.85. The van der Waals surface area contributed by atoms with Gasteiger partial charge in [-0.05, 0) is 32.4 Å². The fourth-order valence-corrected chi connectivity index (χ4v) is 2.99. The lowest BCUT2D eigenvalue weighted by Crippen LogP contribution is -2.20. The minimum Gasteiger partial charge on any atom is -0.417 e. The molecule has 3 heterocycles. The normalized spacial score (nSPS) is 13.8. The van der Waals surface area contributed by atoms with Crippen LogP contribution in [-0.4, -0.2) is 14.5 Å². The van der Waals surface area contributed by atoms with Gasteiger partial charge >= 0.3 is 0 Å². The quantitative estimate of drug-likeness (QED) is 0.688. The minimum absolute atomic E-state index is 0.0909. The van der Waals surface area contributed by atoms with Crippen LogP contribution in [0, 0.1) is 13.8 Å². The number of nitrogens with zero attached hydrogens (tertiary/aromatic N) is 3. The van der Waals surface area contributed by atoms with Crippen LogP contribution in [-0.2, 0) is 13.0 Å². The second-order valence-electron chi connectivity index (χ2n) is 5.64. The van der Waals surface area contributed by atoms with Gasteiger partial charge in [0.25, 0.3) is 11.3 Å². The van der Waals surface area contributed by atoms with Gasteiger partial charge in [0, 0.05) is 18.5 Å². The number of hydrogen-bond acceptors (Lipinski definition) is 4. The Morgan fingerprint density at radius 1 is 1.14 bits per heavy atom. The van der Waals surface area contributed by atoms with E-state index in [4.69, 9.17) is 4.42 Å². The van der Waals surface area contributed by atoms with Gasteiger partial charge in [-0.3, -0.25) is 9.36 Å². The average molecular weight is 281 g/mol. The predicted molar refractivity (Wildman–Crippen MR) is 79.3 cm³/mol. The van der Waals surface area contributed by atoms with Crippen molar-refractivity contribution in [2.24, 2.45) is 0 Å². The molecule has 0 spiro atoms. The minimum atomic E-state index is -0.0909. The molecule has 4 rings (SSSR count). The summed E-state index contributed by atoms with van der Waals surface area (Å²) in [7, 11) is 0. The highest BCUT2D eigenvalue weighted by molar-refractivity contribution is 5.72. The highest BCUT2D eigenvalue weighted by Crippen LogP contribution is 2.24. The van der Waals surface area contributed by atoms with E-state index in [0.29, 0.717) is 17.1 Å². The summed E-state index contributed by atoms with van der Waals surface area (Å²) in [6.07, 6.45) is 1.78. The molecule has 3 aromatic rings. The zero-order chi connectivity index (χ0) is 14.6. The fourth-order valence-electron chi connectivity index (χ4n) is 2.99. The first-order valence-electron chi connectivity index (χ1n) is 7.11. The van der Waals surface area contributed by atoms with Gasteiger partial charge < -0.3 is 4.42 Å². The average Bonchev–Trinajstić information content (AvgIpc) is 3.04. The highest BCUT2D eigenvalue weighted by atomic mass is 16.4. The Labute approximate surface area is 121 Å². The Morgan fingerprint density at radius 3 is 2.67 bits per heavy atom. The van der Waals surface area contributed by atoms with Crippen molar-refractivity contribution < 1.29 is 4.42 Å². The standard InChI is InChI=1S/C16H15N3O2/c1-9-6-10(2)8-11(7-9)14-18-13-15(21-14)17-12-4-3-5-19(12)16(13)20/h6-8H,3-5H2,1-2H3. The van der Waals surface area contributed by atoms with Gasteiger partial charge in [-0.1, -0.05) is 17.2 Å². The zero-order valence-electron chi connectivity index (χ0n) is 12.0. The summed E-state index contributed by atoms with van der Waals surface area (Å²) in [4.78, 5) is 21.2. The third-order valence-corrected chi connectivity index (χ3v) is 3.85. The molecule has 0 aliphatic carbocycles. The smallest absolute Gasteiger partial charge is 0.283 e. The molecular formula is C16H15N3O2. The summed E-state index contributed by atoms with van der Waals surface area (Å²) in [5.74, 6) is 1.27. The molecule has 1 aliphatic rings. The Morgan fingerprint density at radius 2 is 1.90 bits per heavy atom. The SMILES string of the molecule is Cc1cc(C)cc(-c2nc3c(=O)n4c(nc3o2)CCC4)c1. The molecule has 1 aromatic carbocycles. The lowest BCUT2D eigenvalue weighted by atomic mass is 10.1. The van der Waals surface area contributed by atoms with Crippen LogP contribution in [0.25, 0.3) is 22.7 Å². The van der Waals surface area contributed by atoms with Gasteiger partial charge in [-0.15, -0.1) is 0 Å². The molecule has 0 atom stereocenters. The molecule has 5 heteroatoms. The number of rotatable bonds is 1. The van der Waals surface area contributed by atoms with E-state index in [0.717, 1.165) is 41.9 Å². The van der Waals surface area contributed by atoms with E-state index < -0.39 is 0 Å². The van der Waals surface area contributed by atoms with Crippen LogP contribution in [0.3, 0.4) is 0 Å². The summed E-state index contributed by atoms with van der Waals surface area (Å²) < 4.78 is 7.44. The van der Waals surface area contributed by atoms with Crippen molar-refractivity contribution in [3.8, 4) is 11.5 Å². The van der Waals surface area contributed by atoms with Gasteiger partial charge in [0.1, 0.15) is 5.82 Å². The van der Waals surface area contributed by atoms with E-state index in [1.54, 1.807) is 4.57 Å². The summed E-state index contributed by atoms with van der Waals surface area (Å²) in [6, 6.07) is 6.10. The third kappa shape index (κ3) is 1.88. The molecule has 0 bridgehead atoms. The monoisotopic (exact) mass is 281 g/mol. The van der Waals surface area contributed by atoms with Gasteiger partial charge in [-0.25, -0.2) is 4.98 Å². The lowest BCUT2D eigenvalue weighted by molar-refractivity contribution is 0.602. The van der Waals surface area contributed by atoms with Crippen LogP contribution in [0.15, 0.2) is 27.4 Å². The van der Waals surface area contributed by atoms with E-state index >= 15 is 0 Å². The Balaban J connectivity index is 1.96. The fraction of sp³-hybridized carbons (Fsp3) is 0.312. The molecule has 0 radical (unpaired) electrons. The molecule has 0 saturated heterocycles. The van der Waals surface area contributed by atoms with Gasteiger partial charge in [-0.2, -0.15) is 4.98 Å². The Bertz CT molecular complexity index is 901. The van der Waals surface area contributed by atoms with E-state index in [9.17, 15) is 4.79 Å². The summed E-state index contributed by atoms with van der Waals surface area (Å²) in [5.41, 5.74) is 3.75. The van der Waals surface area contributed by atoms with E-state index in [1.807, 2.05) is 26.0 Å². The van der Waals surface area contributed by atoms with Crippen molar-refractivity contribution in [3.63, 3.8) is 0 Å². The second kappa shape index (κ2) is 4.28. The van der Waals surface area contributed by atoms with Crippen LogP contribution < -0.4 is 5.56 Å². The molecular weight excluding hydrogens is 266 g/mol. The van der Waals surface area contributed by atoms with Crippen LogP contribution in [0.4, 0.5) is 0 Å². The molecule has 0 amide bonds. The maximum Gasteiger partial charge on any atom is 0.283 e. The summed E-state index contributed by atoms with van der Waals surface area (Å²) in [5, 5.41) is 0. The number of oxazole rings is 1. The largest absolute Gasteiger partial charge is 0.417 e. The van der Waals surface area contributed by atoms with Gasteiger partial charge in [0.05, 0.1) is 0 Å². The van der Waals surface area contributed by atoms with Crippen LogP contribution in [0.2, 0.25) is 0 Å². The number of benzene rings is 1.